The Balaban J connectivity index is 1.85. The van der Waals surface area contributed by atoms with Crippen LogP contribution in [0.3, 0.4) is 0 Å². The number of methoxy groups -OCH3 is 1. The lowest BCUT2D eigenvalue weighted by molar-refractivity contribution is -0.139. The van der Waals surface area contributed by atoms with Crippen molar-refractivity contribution in [2.75, 3.05) is 24.2 Å². The summed E-state index contributed by atoms with van der Waals surface area (Å²) in [5.41, 5.74) is 2.19. The third kappa shape index (κ3) is 7.46. The minimum Gasteiger partial charge on any atom is -0.497 e. The number of aryl methyl sites for hydroxylation is 1. The molecule has 2 aromatic rings. The van der Waals surface area contributed by atoms with Crippen LogP contribution in [0.15, 0.2) is 48.5 Å². The summed E-state index contributed by atoms with van der Waals surface area (Å²) in [6, 6.07) is 13.5. The van der Waals surface area contributed by atoms with E-state index in [4.69, 9.17) is 4.74 Å². The van der Waals surface area contributed by atoms with E-state index in [0.29, 0.717) is 11.4 Å². The Bertz CT molecular complexity index is 1130. The van der Waals surface area contributed by atoms with Crippen molar-refractivity contribution in [2.45, 2.75) is 64.6 Å². The van der Waals surface area contributed by atoms with Gasteiger partial charge in [0.05, 0.1) is 19.1 Å². The van der Waals surface area contributed by atoms with Gasteiger partial charge in [0.15, 0.2) is 0 Å². The molecule has 0 radical (unpaired) electrons. The standard InChI is InChI=1S/C27H37N3O5S/c1-20-10-14-24(15-11-20)30(36(4,33)34)19-26(31)29(18-22-12-16-25(35-3)17-13-22)21(2)27(32)28-23-8-6-5-7-9-23/h10-17,21,23H,5-9,18-19H2,1-4H3,(H,28,32). The third-order valence-electron chi connectivity index (χ3n) is 6.63. The molecule has 1 aliphatic carbocycles. The highest BCUT2D eigenvalue weighted by atomic mass is 32.2. The molecule has 0 aromatic heterocycles. The highest BCUT2D eigenvalue weighted by Gasteiger charge is 2.31. The number of anilines is 1. The topological polar surface area (TPSA) is 96.0 Å². The van der Waals surface area contributed by atoms with E-state index in [-0.39, 0.29) is 18.5 Å². The van der Waals surface area contributed by atoms with Crippen molar-refractivity contribution < 1.29 is 22.7 Å². The molecule has 2 amide bonds. The number of amides is 2. The van der Waals surface area contributed by atoms with Gasteiger partial charge in [-0.3, -0.25) is 13.9 Å². The number of hydrogen-bond acceptors (Lipinski definition) is 5. The predicted molar refractivity (Wildman–Crippen MR) is 141 cm³/mol. The van der Waals surface area contributed by atoms with Crippen molar-refractivity contribution in [1.29, 1.82) is 0 Å². The number of carbonyl (C=O) groups excluding carboxylic acids is 2. The molecule has 0 spiro atoms. The van der Waals surface area contributed by atoms with Crippen molar-refractivity contribution in [1.82, 2.24) is 10.2 Å². The highest BCUT2D eigenvalue weighted by Crippen LogP contribution is 2.21. The monoisotopic (exact) mass is 515 g/mol. The quantitative estimate of drug-likeness (QED) is 0.521. The normalized spacial score (nSPS) is 15.1. The fraction of sp³-hybridized carbons (Fsp3) is 0.481. The molecule has 2 aromatic carbocycles. The third-order valence-corrected chi connectivity index (χ3v) is 7.77. The molecule has 3 rings (SSSR count). The van der Waals surface area contributed by atoms with Crippen LogP contribution in [-0.2, 0) is 26.2 Å². The van der Waals surface area contributed by atoms with Crippen molar-refractivity contribution in [3.63, 3.8) is 0 Å². The van der Waals surface area contributed by atoms with E-state index >= 15 is 0 Å². The van der Waals surface area contributed by atoms with Crippen LogP contribution in [0.4, 0.5) is 5.69 Å². The lowest BCUT2D eigenvalue weighted by Crippen LogP contribution is -2.52. The molecule has 0 aliphatic heterocycles. The minimum absolute atomic E-state index is 0.103. The molecule has 1 atom stereocenters. The maximum absolute atomic E-state index is 13.6. The molecule has 36 heavy (non-hydrogen) atoms. The maximum Gasteiger partial charge on any atom is 0.244 e. The molecule has 0 heterocycles. The van der Waals surface area contributed by atoms with Gasteiger partial charge in [0.1, 0.15) is 18.3 Å². The predicted octanol–water partition coefficient (Wildman–Crippen LogP) is 3.64. The van der Waals surface area contributed by atoms with Crippen molar-refractivity contribution in [2.24, 2.45) is 0 Å². The molecule has 8 nitrogen and oxygen atoms in total. The Morgan fingerprint density at radius 3 is 2.19 bits per heavy atom. The molecule has 1 aliphatic rings. The van der Waals surface area contributed by atoms with Crippen LogP contribution in [0, 0.1) is 6.92 Å². The first-order chi connectivity index (χ1) is 17.1. The van der Waals surface area contributed by atoms with Gasteiger partial charge in [-0.25, -0.2) is 8.42 Å². The van der Waals surface area contributed by atoms with Crippen molar-refractivity contribution in [3.05, 3.63) is 59.7 Å². The zero-order chi connectivity index (χ0) is 26.3. The number of nitrogens with one attached hydrogen (secondary N) is 1. The van der Waals surface area contributed by atoms with Crippen LogP contribution < -0.4 is 14.4 Å². The summed E-state index contributed by atoms with van der Waals surface area (Å²) in [6.07, 6.45) is 6.26. The number of sulfonamides is 1. The Labute approximate surface area is 214 Å². The second-order valence-electron chi connectivity index (χ2n) is 9.49. The van der Waals surface area contributed by atoms with Crippen LogP contribution in [0.1, 0.15) is 50.2 Å². The molecule has 1 fully saturated rings. The lowest BCUT2D eigenvalue weighted by Gasteiger charge is -2.33. The molecule has 1 N–H and O–H groups in total. The molecular weight excluding hydrogens is 478 g/mol. The fourth-order valence-electron chi connectivity index (χ4n) is 4.40. The number of benzene rings is 2. The van der Waals surface area contributed by atoms with Crippen molar-refractivity contribution >= 4 is 27.5 Å². The highest BCUT2D eigenvalue weighted by molar-refractivity contribution is 7.92. The van der Waals surface area contributed by atoms with Crippen molar-refractivity contribution in [3.8, 4) is 5.75 Å². The Morgan fingerprint density at radius 1 is 1.03 bits per heavy atom. The average molecular weight is 516 g/mol. The summed E-state index contributed by atoms with van der Waals surface area (Å²) in [4.78, 5) is 28.3. The lowest BCUT2D eigenvalue weighted by atomic mass is 9.95. The number of nitrogens with zero attached hydrogens (tertiary/aromatic N) is 2. The van der Waals surface area contributed by atoms with Gasteiger partial charge in [0.25, 0.3) is 0 Å². The molecule has 0 saturated heterocycles. The van der Waals surface area contributed by atoms with E-state index in [2.05, 4.69) is 5.32 Å². The SMILES string of the molecule is COc1ccc(CN(C(=O)CN(c2ccc(C)cc2)S(C)(=O)=O)C(C)C(=O)NC2CCCCC2)cc1. The van der Waals surface area contributed by atoms with E-state index in [1.54, 1.807) is 50.4 Å². The van der Waals surface area contributed by atoms with Crippen LogP contribution >= 0.6 is 0 Å². The zero-order valence-electron chi connectivity index (χ0n) is 21.6. The number of ether oxygens (including phenoxy) is 1. The maximum atomic E-state index is 13.6. The van der Waals surface area contributed by atoms with Crippen LogP contribution in [0.5, 0.6) is 5.75 Å². The molecule has 1 saturated carbocycles. The second kappa shape index (κ2) is 12.3. The van der Waals surface area contributed by atoms with E-state index in [1.165, 1.54) is 11.3 Å². The van der Waals surface area contributed by atoms with E-state index in [9.17, 15) is 18.0 Å². The fourth-order valence-corrected chi connectivity index (χ4v) is 5.25. The van der Waals surface area contributed by atoms with E-state index < -0.39 is 28.5 Å². The number of rotatable bonds is 10. The Hall–Kier alpha value is -3.07. The molecule has 196 valence electrons. The van der Waals surface area contributed by atoms with Gasteiger partial charge in [-0.05, 0) is 56.5 Å². The van der Waals surface area contributed by atoms with Gasteiger partial charge in [-0.1, -0.05) is 49.1 Å². The zero-order valence-corrected chi connectivity index (χ0v) is 22.4. The summed E-state index contributed by atoms with van der Waals surface area (Å²) < 4.78 is 31.6. The van der Waals surface area contributed by atoms with Gasteiger partial charge in [0.2, 0.25) is 21.8 Å². The van der Waals surface area contributed by atoms with Crippen LogP contribution in [0.2, 0.25) is 0 Å². The second-order valence-corrected chi connectivity index (χ2v) is 11.4. The molecular formula is C27H37N3O5S. The average Bonchev–Trinajstić information content (AvgIpc) is 2.86. The van der Waals surface area contributed by atoms with Gasteiger partial charge in [0, 0.05) is 12.6 Å². The van der Waals surface area contributed by atoms with Crippen LogP contribution in [-0.4, -0.2) is 57.1 Å². The van der Waals surface area contributed by atoms with Gasteiger partial charge in [-0.15, -0.1) is 0 Å². The van der Waals surface area contributed by atoms with Gasteiger partial charge in [-0.2, -0.15) is 0 Å². The van der Waals surface area contributed by atoms with E-state index in [0.717, 1.165) is 47.4 Å². The first kappa shape index (κ1) is 27.5. The number of carbonyl (C=O) groups is 2. The Morgan fingerprint density at radius 2 is 1.64 bits per heavy atom. The summed E-state index contributed by atoms with van der Waals surface area (Å²) in [7, 11) is -2.16. The first-order valence-electron chi connectivity index (χ1n) is 12.4. The van der Waals surface area contributed by atoms with Gasteiger partial charge >= 0.3 is 0 Å². The molecule has 0 bridgehead atoms. The Kier molecular flexibility index (Phi) is 9.37. The molecule has 1 unspecified atom stereocenters. The summed E-state index contributed by atoms with van der Waals surface area (Å²) >= 11 is 0. The van der Waals surface area contributed by atoms with Crippen LogP contribution in [0.25, 0.3) is 0 Å². The summed E-state index contributed by atoms with van der Waals surface area (Å²) in [6.45, 7) is 3.35. The largest absolute Gasteiger partial charge is 0.497 e. The number of hydrogen-bond donors (Lipinski definition) is 1. The first-order valence-corrected chi connectivity index (χ1v) is 14.2. The smallest absolute Gasteiger partial charge is 0.244 e. The molecule has 9 heteroatoms. The van der Waals surface area contributed by atoms with Gasteiger partial charge < -0.3 is 15.0 Å². The minimum atomic E-state index is -3.74. The summed E-state index contributed by atoms with van der Waals surface area (Å²) in [5, 5.41) is 3.09. The summed E-state index contributed by atoms with van der Waals surface area (Å²) in [5.74, 6) is -0.00421. The van der Waals surface area contributed by atoms with E-state index in [1.807, 2.05) is 19.1 Å².